The topological polar surface area (TPSA) is 124 Å². The number of likely N-dealkylation sites (N-methyl/N-ethyl adjacent to an activating group) is 1. The van der Waals surface area contributed by atoms with Crippen LogP contribution in [0, 0.1) is 5.41 Å². The molecule has 0 spiro atoms. The van der Waals surface area contributed by atoms with Crippen molar-refractivity contribution in [2.75, 3.05) is 11.8 Å². The Morgan fingerprint density at radius 2 is 2.00 bits per heavy atom. The van der Waals surface area contributed by atoms with E-state index in [0.717, 1.165) is 4.70 Å². The van der Waals surface area contributed by atoms with Gasteiger partial charge in [0.1, 0.15) is 0 Å². The first-order chi connectivity index (χ1) is 12.1. The summed E-state index contributed by atoms with van der Waals surface area (Å²) in [4.78, 5) is 4.01. The van der Waals surface area contributed by atoms with Gasteiger partial charge in [-0.2, -0.15) is 5.41 Å². The Labute approximate surface area is 165 Å². The molecule has 0 aliphatic carbocycles. The van der Waals surface area contributed by atoms with Gasteiger partial charge in [0.2, 0.25) is 0 Å². The van der Waals surface area contributed by atoms with E-state index in [4.69, 9.17) is 46.1 Å². The molecule has 0 fully saturated rings. The lowest BCUT2D eigenvalue weighted by Gasteiger charge is -2.12. The molecule has 0 saturated heterocycles. The Kier molecular flexibility index (Phi) is 6.40. The normalized spacial score (nSPS) is 12.1. The SMILES string of the molecule is C[N+](=NN)C(=N)Cc1ncc(Cl)cc1NS(=O)(=O)c1ccc(Cl)c(Cl)c1. The van der Waals surface area contributed by atoms with Crippen LogP contribution in [0.5, 0.6) is 0 Å². The maximum atomic E-state index is 12.6. The number of rotatable bonds is 5. The van der Waals surface area contributed by atoms with Gasteiger partial charge >= 0.3 is 0 Å². The highest BCUT2D eigenvalue weighted by Gasteiger charge is 2.20. The molecule has 4 N–H and O–H groups in total. The summed E-state index contributed by atoms with van der Waals surface area (Å²) in [6.07, 6.45) is 1.33. The van der Waals surface area contributed by atoms with Gasteiger partial charge in [0.25, 0.3) is 15.9 Å². The summed E-state index contributed by atoms with van der Waals surface area (Å²) in [5, 5.41) is 11.8. The van der Waals surface area contributed by atoms with Crippen LogP contribution in [0.2, 0.25) is 15.1 Å². The number of pyridine rings is 1. The molecular formula is C14H14Cl3N6O2S+. The van der Waals surface area contributed by atoms with E-state index in [9.17, 15) is 8.42 Å². The maximum Gasteiger partial charge on any atom is 0.262 e. The van der Waals surface area contributed by atoms with Crippen molar-refractivity contribution in [3.05, 3.63) is 51.2 Å². The Balaban J connectivity index is 2.40. The molecule has 26 heavy (non-hydrogen) atoms. The Morgan fingerprint density at radius 1 is 1.31 bits per heavy atom. The largest absolute Gasteiger partial charge is 0.278 e. The molecule has 2 rings (SSSR count). The molecule has 138 valence electrons. The number of hydrogen-bond acceptors (Lipinski definition) is 5. The fourth-order valence-electron chi connectivity index (χ4n) is 1.89. The molecule has 1 aromatic carbocycles. The van der Waals surface area contributed by atoms with Crippen LogP contribution in [0.3, 0.4) is 0 Å². The van der Waals surface area contributed by atoms with Crippen molar-refractivity contribution in [1.82, 2.24) is 4.98 Å². The molecular weight excluding hydrogens is 423 g/mol. The highest BCUT2D eigenvalue weighted by atomic mass is 35.5. The zero-order valence-corrected chi connectivity index (χ0v) is 16.5. The minimum absolute atomic E-state index is 0.0114. The third-order valence-electron chi connectivity index (χ3n) is 3.28. The summed E-state index contributed by atoms with van der Waals surface area (Å²) in [5.41, 5.74) is 0.400. The number of hydrogen-bond donors (Lipinski definition) is 3. The molecule has 1 heterocycles. The summed E-state index contributed by atoms with van der Waals surface area (Å²) in [6.45, 7) is 0. The van der Waals surface area contributed by atoms with Gasteiger partial charge in [0, 0.05) is 11.4 Å². The molecule has 0 aliphatic heterocycles. The van der Waals surface area contributed by atoms with Gasteiger partial charge in [-0.15, -0.1) is 4.70 Å². The smallest absolute Gasteiger partial charge is 0.262 e. The fourth-order valence-corrected chi connectivity index (χ4v) is 3.51. The lowest BCUT2D eigenvalue weighted by atomic mass is 10.2. The summed E-state index contributed by atoms with van der Waals surface area (Å²) in [6, 6.07) is 5.32. The summed E-state index contributed by atoms with van der Waals surface area (Å²) in [7, 11) is -2.49. The average molecular weight is 437 g/mol. The van der Waals surface area contributed by atoms with Crippen molar-refractivity contribution < 1.29 is 13.1 Å². The van der Waals surface area contributed by atoms with Crippen LogP contribution >= 0.6 is 34.8 Å². The monoisotopic (exact) mass is 435 g/mol. The third kappa shape index (κ3) is 4.82. The van der Waals surface area contributed by atoms with Crippen LogP contribution in [0.25, 0.3) is 0 Å². The van der Waals surface area contributed by atoms with E-state index in [2.05, 4.69) is 14.9 Å². The first-order valence-corrected chi connectivity index (χ1v) is 9.60. The number of amidine groups is 1. The second-order valence-corrected chi connectivity index (χ2v) is 8.02. The minimum Gasteiger partial charge on any atom is -0.278 e. The van der Waals surface area contributed by atoms with Gasteiger partial charge in [-0.25, -0.2) is 14.3 Å². The lowest BCUT2D eigenvalue weighted by Crippen LogP contribution is -2.20. The number of anilines is 1. The van der Waals surface area contributed by atoms with Gasteiger partial charge in [-0.3, -0.25) is 9.71 Å². The van der Waals surface area contributed by atoms with E-state index in [-0.39, 0.29) is 43.6 Å². The van der Waals surface area contributed by atoms with Gasteiger partial charge < -0.3 is 0 Å². The van der Waals surface area contributed by atoms with Crippen molar-refractivity contribution in [1.29, 1.82) is 5.41 Å². The molecule has 1 aromatic heterocycles. The molecule has 0 unspecified atom stereocenters. The Hall–Kier alpha value is -1.94. The molecule has 0 saturated carbocycles. The average Bonchev–Trinajstić information content (AvgIpc) is 2.58. The highest BCUT2D eigenvalue weighted by molar-refractivity contribution is 7.92. The molecule has 0 radical (unpaired) electrons. The van der Waals surface area contributed by atoms with Crippen LogP contribution in [0.4, 0.5) is 5.69 Å². The number of halogens is 3. The van der Waals surface area contributed by atoms with E-state index in [1.54, 1.807) is 0 Å². The summed E-state index contributed by atoms with van der Waals surface area (Å²) >= 11 is 17.6. The minimum atomic E-state index is -3.98. The predicted octanol–water partition coefficient (Wildman–Crippen LogP) is 3.33. The van der Waals surface area contributed by atoms with Crippen molar-refractivity contribution in [2.24, 2.45) is 11.1 Å². The lowest BCUT2D eigenvalue weighted by molar-refractivity contribution is -0.455. The predicted molar refractivity (Wildman–Crippen MR) is 101 cm³/mol. The van der Waals surface area contributed by atoms with Crippen LogP contribution in [0.15, 0.2) is 40.6 Å². The Bertz CT molecular complexity index is 994. The molecule has 0 bridgehead atoms. The zero-order chi connectivity index (χ0) is 19.5. The highest BCUT2D eigenvalue weighted by Crippen LogP contribution is 2.27. The number of aromatic nitrogens is 1. The molecule has 12 heteroatoms. The number of nitrogens with two attached hydrogens (primary N) is 1. The zero-order valence-electron chi connectivity index (χ0n) is 13.4. The van der Waals surface area contributed by atoms with Crippen LogP contribution in [-0.4, -0.2) is 31.0 Å². The van der Waals surface area contributed by atoms with Gasteiger partial charge in [0.05, 0.1) is 44.8 Å². The molecule has 2 aromatic rings. The standard InChI is InChI=1S/C14H13Cl3N6O2S/c1-23(22-19)14(18)6-12-13(4-8(15)7-20-12)21-26(24,25)9-2-3-10(16)11(17)5-9/h2-5,7,18-19,21H,6H2,1H3/p+1. The van der Waals surface area contributed by atoms with E-state index >= 15 is 0 Å². The van der Waals surface area contributed by atoms with E-state index in [1.165, 1.54) is 37.5 Å². The van der Waals surface area contributed by atoms with Crippen molar-refractivity contribution in [3.63, 3.8) is 0 Å². The van der Waals surface area contributed by atoms with E-state index < -0.39 is 10.0 Å². The molecule has 8 nitrogen and oxygen atoms in total. The Morgan fingerprint density at radius 3 is 2.62 bits per heavy atom. The molecule has 0 aliphatic rings. The van der Waals surface area contributed by atoms with Crippen molar-refractivity contribution in [2.45, 2.75) is 11.3 Å². The number of nitrogens with zero attached hydrogens (tertiary/aromatic N) is 3. The van der Waals surface area contributed by atoms with Crippen molar-refractivity contribution in [3.8, 4) is 0 Å². The molecule has 0 amide bonds. The van der Waals surface area contributed by atoms with Gasteiger partial charge in [-0.05, 0) is 24.3 Å². The van der Waals surface area contributed by atoms with Crippen LogP contribution < -0.4 is 10.6 Å². The van der Waals surface area contributed by atoms with Gasteiger partial charge in [0.15, 0.2) is 0 Å². The van der Waals surface area contributed by atoms with Crippen LogP contribution in [0.1, 0.15) is 5.69 Å². The first-order valence-electron chi connectivity index (χ1n) is 6.98. The van der Waals surface area contributed by atoms with Gasteiger partial charge in [-0.1, -0.05) is 34.8 Å². The molecule has 0 atom stereocenters. The van der Waals surface area contributed by atoms with E-state index in [1.807, 2.05) is 0 Å². The second-order valence-electron chi connectivity index (χ2n) is 5.09. The maximum absolute atomic E-state index is 12.6. The quantitative estimate of drug-likeness (QED) is 0.166. The van der Waals surface area contributed by atoms with Crippen molar-refractivity contribution >= 4 is 56.3 Å². The summed E-state index contributed by atoms with van der Waals surface area (Å²) < 4.78 is 28.8. The number of sulfonamides is 1. The fraction of sp³-hybridized carbons (Fsp3) is 0.143. The first kappa shape index (κ1) is 20.4. The third-order valence-corrected chi connectivity index (χ3v) is 5.59. The number of nitrogens with one attached hydrogen (secondary N) is 2. The van der Waals surface area contributed by atoms with E-state index in [0.29, 0.717) is 0 Å². The van der Waals surface area contributed by atoms with Crippen LogP contribution in [-0.2, 0) is 16.4 Å². The summed E-state index contributed by atoms with van der Waals surface area (Å²) in [5.74, 6) is 5.14. The second kappa shape index (κ2) is 8.17. The number of benzene rings is 1.